The summed E-state index contributed by atoms with van der Waals surface area (Å²) in [4.78, 5) is 23.6. The Hall–Kier alpha value is -2.37. The fraction of sp³-hybridized carbons (Fsp3) is 0.357. The highest BCUT2D eigenvalue weighted by molar-refractivity contribution is 6.02. The van der Waals surface area contributed by atoms with Gasteiger partial charge in [-0.1, -0.05) is 19.4 Å². The Labute approximate surface area is 116 Å². The van der Waals surface area contributed by atoms with Crippen LogP contribution in [0.15, 0.2) is 30.6 Å². The van der Waals surface area contributed by atoms with E-state index in [4.69, 9.17) is 0 Å². The van der Waals surface area contributed by atoms with Crippen LogP contribution in [-0.4, -0.2) is 32.1 Å². The van der Waals surface area contributed by atoms with Gasteiger partial charge in [-0.05, 0) is 25.5 Å². The first-order valence-corrected chi connectivity index (χ1v) is 6.46. The van der Waals surface area contributed by atoms with Crippen molar-refractivity contribution in [3.63, 3.8) is 0 Å². The quantitative estimate of drug-likeness (QED) is 0.870. The molecule has 0 aromatic carbocycles. The van der Waals surface area contributed by atoms with Crippen molar-refractivity contribution >= 4 is 17.4 Å². The number of carbonyl (C=O) groups is 2. The summed E-state index contributed by atoms with van der Waals surface area (Å²) in [5.41, 5.74) is -0.252. The molecule has 0 fully saturated rings. The zero-order valence-electron chi connectivity index (χ0n) is 11.5. The normalized spacial score (nSPS) is 13.9. The van der Waals surface area contributed by atoms with Crippen molar-refractivity contribution in [2.45, 2.75) is 32.2 Å². The van der Waals surface area contributed by atoms with E-state index in [-0.39, 0.29) is 0 Å². The molecule has 2 N–H and O–H groups in total. The number of pyridine rings is 1. The molecule has 1 amide bonds. The first-order valence-electron chi connectivity index (χ1n) is 6.46. The molecule has 2 rings (SSSR count). The first-order chi connectivity index (χ1) is 9.48. The summed E-state index contributed by atoms with van der Waals surface area (Å²) in [6.45, 7) is 3.39. The summed E-state index contributed by atoms with van der Waals surface area (Å²) in [7, 11) is 0. The molecule has 2 heterocycles. The molecule has 0 spiro atoms. The minimum absolute atomic E-state index is 0.368. The number of aromatic nitrogens is 2. The SMILES string of the molecule is CCCC(C)(NC(=O)c1cnn2ccccc12)C(=O)O. The number of nitrogens with one attached hydrogen (secondary N) is 1. The van der Waals surface area contributed by atoms with Gasteiger partial charge in [-0.3, -0.25) is 4.79 Å². The Morgan fingerprint density at radius 1 is 1.45 bits per heavy atom. The van der Waals surface area contributed by atoms with Crippen LogP contribution in [-0.2, 0) is 4.79 Å². The molecule has 2 aromatic heterocycles. The second kappa shape index (κ2) is 5.32. The largest absolute Gasteiger partial charge is 0.480 e. The van der Waals surface area contributed by atoms with Crippen LogP contribution in [0.4, 0.5) is 0 Å². The molecule has 6 nitrogen and oxygen atoms in total. The number of hydrogen-bond acceptors (Lipinski definition) is 3. The Bertz CT molecular complexity index is 650. The lowest BCUT2D eigenvalue weighted by atomic mass is 9.96. The van der Waals surface area contributed by atoms with Gasteiger partial charge in [-0.2, -0.15) is 5.10 Å². The van der Waals surface area contributed by atoms with Gasteiger partial charge in [0.05, 0.1) is 17.3 Å². The third-order valence-electron chi connectivity index (χ3n) is 3.28. The second-order valence-electron chi connectivity index (χ2n) is 4.93. The molecule has 1 unspecified atom stereocenters. The van der Waals surface area contributed by atoms with Gasteiger partial charge in [0.2, 0.25) is 0 Å². The second-order valence-corrected chi connectivity index (χ2v) is 4.93. The van der Waals surface area contributed by atoms with E-state index in [0.29, 0.717) is 23.9 Å². The summed E-state index contributed by atoms with van der Waals surface area (Å²) in [6.07, 6.45) is 4.21. The van der Waals surface area contributed by atoms with E-state index in [1.165, 1.54) is 13.1 Å². The Morgan fingerprint density at radius 3 is 2.85 bits per heavy atom. The van der Waals surface area contributed by atoms with Gasteiger partial charge < -0.3 is 10.4 Å². The standard InChI is InChI=1S/C14H17N3O3/c1-3-7-14(2,13(19)20)16-12(18)10-9-15-17-8-5-4-6-11(10)17/h4-6,8-9H,3,7H2,1-2H3,(H,16,18)(H,19,20). The van der Waals surface area contributed by atoms with E-state index in [1.54, 1.807) is 28.9 Å². The molecular formula is C14H17N3O3. The van der Waals surface area contributed by atoms with Crippen LogP contribution in [0, 0.1) is 0 Å². The average Bonchev–Trinajstić information content (AvgIpc) is 2.82. The Kier molecular flexibility index (Phi) is 3.74. The Balaban J connectivity index is 2.29. The molecule has 0 radical (unpaired) electrons. The predicted molar refractivity (Wildman–Crippen MR) is 73.6 cm³/mol. The predicted octanol–water partition coefficient (Wildman–Crippen LogP) is 1.71. The average molecular weight is 275 g/mol. The van der Waals surface area contributed by atoms with Crippen LogP contribution in [0.3, 0.4) is 0 Å². The highest BCUT2D eigenvalue weighted by Crippen LogP contribution is 2.16. The van der Waals surface area contributed by atoms with Crippen LogP contribution in [0.2, 0.25) is 0 Å². The van der Waals surface area contributed by atoms with Gasteiger partial charge >= 0.3 is 5.97 Å². The summed E-state index contributed by atoms with van der Waals surface area (Å²) >= 11 is 0. The zero-order chi connectivity index (χ0) is 14.8. The highest BCUT2D eigenvalue weighted by atomic mass is 16.4. The summed E-state index contributed by atoms with van der Waals surface area (Å²) < 4.78 is 1.58. The number of carboxylic acid groups (broad SMARTS) is 1. The van der Waals surface area contributed by atoms with Crippen molar-refractivity contribution in [3.05, 3.63) is 36.2 Å². The molecule has 0 aliphatic rings. The third-order valence-corrected chi connectivity index (χ3v) is 3.28. The van der Waals surface area contributed by atoms with E-state index >= 15 is 0 Å². The fourth-order valence-electron chi connectivity index (χ4n) is 2.15. The van der Waals surface area contributed by atoms with Crippen molar-refractivity contribution in [3.8, 4) is 0 Å². The summed E-state index contributed by atoms with van der Waals surface area (Å²) in [6, 6.07) is 5.37. The molecule has 20 heavy (non-hydrogen) atoms. The lowest BCUT2D eigenvalue weighted by Gasteiger charge is -2.25. The maximum atomic E-state index is 12.3. The van der Waals surface area contributed by atoms with Gasteiger partial charge in [0.15, 0.2) is 0 Å². The van der Waals surface area contributed by atoms with Crippen molar-refractivity contribution in [2.24, 2.45) is 0 Å². The van der Waals surface area contributed by atoms with E-state index in [2.05, 4.69) is 10.4 Å². The van der Waals surface area contributed by atoms with E-state index in [9.17, 15) is 14.7 Å². The Morgan fingerprint density at radius 2 is 2.20 bits per heavy atom. The van der Waals surface area contributed by atoms with E-state index < -0.39 is 17.4 Å². The third kappa shape index (κ3) is 2.49. The number of fused-ring (bicyclic) bond motifs is 1. The topological polar surface area (TPSA) is 83.7 Å². The molecule has 0 bridgehead atoms. The lowest BCUT2D eigenvalue weighted by Crippen LogP contribution is -2.52. The molecule has 0 saturated carbocycles. The molecule has 0 saturated heterocycles. The molecule has 1 atom stereocenters. The van der Waals surface area contributed by atoms with E-state index in [1.807, 2.05) is 6.92 Å². The maximum absolute atomic E-state index is 12.3. The molecule has 0 aliphatic heterocycles. The number of rotatable bonds is 5. The lowest BCUT2D eigenvalue weighted by molar-refractivity contribution is -0.144. The van der Waals surface area contributed by atoms with Crippen LogP contribution in [0.1, 0.15) is 37.0 Å². The number of aliphatic carboxylic acids is 1. The molecule has 0 aliphatic carbocycles. The van der Waals surface area contributed by atoms with Gasteiger partial charge in [-0.15, -0.1) is 0 Å². The zero-order valence-corrected chi connectivity index (χ0v) is 11.5. The van der Waals surface area contributed by atoms with Gasteiger partial charge in [0.1, 0.15) is 5.54 Å². The van der Waals surface area contributed by atoms with Crippen LogP contribution in [0.25, 0.3) is 5.52 Å². The number of amides is 1. The highest BCUT2D eigenvalue weighted by Gasteiger charge is 2.34. The van der Waals surface area contributed by atoms with Gasteiger partial charge in [0.25, 0.3) is 5.91 Å². The summed E-state index contributed by atoms with van der Waals surface area (Å²) in [5, 5.41) is 16.0. The molecule has 2 aromatic rings. The van der Waals surface area contributed by atoms with Gasteiger partial charge in [0, 0.05) is 6.20 Å². The van der Waals surface area contributed by atoms with E-state index in [0.717, 1.165) is 0 Å². The molecular weight excluding hydrogens is 258 g/mol. The van der Waals surface area contributed by atoms with Crippen molar-refractivity contribution in [2.75, 3.05) is 0 Å². The van der Waals surface area contributed by atoms with Crippen molar-refractivity contribution < 1.29 is 14.7 Å². The van der Waals surface area contributed by atoms with Crippen molar-refractivity contribution in [1.29, 1.82) is 0 Å². The van der Waals surface area contributed by atoms with Crippen LogP contribution in [0.5, 0.6) is 0 Å². The summed E-state index contributed by atoms with van der Waals surface area (Å²) in [5.74, 6) is -1.46. The molecule has 6 heteroatoms. The smallest absolute Gasteiger partial charge is 0.329 e. The van der Waals surface area contributed by atoms with Gasteiger partial charge in [-0.25, -0.2) is 9.31 Å². The number of hydrogen-bond donors (Lipinski definition) is 2. The fourth-order valence-corrected chi connectivity index (χ4v) is 2.15. The van der Waals surface area contributed by atoms with Crippen molar-refractivity contribution in [1.82, 2.24) is 14.9 Å². The number of carbonyl (C=O) groups excluding carboxylic acids is 1. The number of nitrogens with zero attached hydrogens (tertiary/aromatic N) is 2. The van der Waals surface area contributed by atoms with Crippen LogP contribution < -0.4 is 5.32 Å². The minimum atomic E-state index is -1.27. The maximum Gasteiger partial charge on any atom is 0.329 e. The monoisotopic (exact) mass is 275 g/mol. The minimum Gasteiger partial charge on any atom is -0.480 e. The first kappa shape index (κ1) is 14.0. The number of carboxylic acids is 1. The molecule has 106 valence electrons. The van der Waals surface area contributed by atoms with Crippen LogP contribution >= 0.6 is 0 Å².